The molecule has 2 rings (SSSR count). The fourth-order valence-electron chi connectivity index (χ4n) is 3.01. The van der Waals surface area contributed by atoms with Gasteiger partial charge in [0, 0.05) is 0 Å². The zero-order valence-corrected chi connectivity index (χ0v) is 11.8. The van der Waals surface area contributed by atoms with Crippen molar-refractivity contribution in [2.45, 2.75) is 71.1 Å². The minimum Gasteiger partial charge on any atom is -0.0582 e. The molecule has 94 valence electrons. The smallest absolute Gasteiger partial charge is 0.0132 e. The van der Waals surface area contributed by atoms with Crippen LogP contribution in [-0.2, 0) is 5.41 Å². The van der Waals surface area contributed by atoms with Crippen LogP contribution in [0, 0.1) is 6.92 Å². The maximum Gasteiger partial charge on any atom is -0.0132 e. The molecule has 0 amide bonds. The summed E-state index contributed by atoms with van der Waals surface area (Å²) in [6, 6.07) is 7.15. The van der Waals surface area contributed by atoms with E-state index in [1.165, 1.54) is 43.2 Å². The van der Waals surface area contributed by atoms with E-state index in [0.29, 0.717) is 0 Å². The van der Waals surface area contributed by atoms with Crippen LogP contribution in [0.4, 0.5) is 0 Å². The molecular weight excluding hydrogens is 204 g/mol. The van der Waals surface area contributed by atoms with Gasteiger partial charge in [0.15, 0.2) is 0 Å². The predicted molar refractivity (Wildman–Crippen MR) is 75.7 cm³/mol. The molecule has 1 aliphatic carbocycles. The second-order valence-electron chi connectivity index (χ2n) is 6.66. The van der Waals surface area contributed by atoms with Crippen LogP contribution in [0.25, 0.3) is 0 Å². The van der Waals surface area contributed by atoms with Gasteiger partial charge >= 0.3 is 0 Å². The van der Waals surface area contributed by atoms with Crippen LogP contribution in [0.15, 0.2) is 18.2 Å². The Morgan fingerprint density at radius 3 is 2.18 bits per heavy atom. The minimum atomic E-state index is 0.274. The van der Waals surface area contributed by atoms with Gasteiger partial charge in [-0.05, 0) is 47.8 Å². The molecule has 0 atom stereocenters. The van der Waals surface area contributed by atoms with Crippen molar-refractivity contribution in [3.8, 4) is 0 Å². The second kappa shape index (κ2) is 4.84. The minimum absolute atomic E-state index is 0.274. The summed E-state index contributed by atoms with van der Waals surface area (Å²) in [4.78, 5) is 0. The number of rotatable bonds is 1. The third kappa shape index (κ3) is 2.91. The van der Waals surface area contributed by atoms with Crippen molar-refractivity contribution in [2.24, 2.45) is 0 Å². The molecule has 0 spiro atoms. The van der Waals surface area contributed by atoms with Crippen molar-refractivity contribution >= 4 is 0 Å². The Morgan fingerprint density at radius 1 is 1.00 bits per heavy atom. The van der Waals surface area contributed by atoms with Crippen LogP contribution in [-0.4, -0.2) is 0 Å². The fourth-order valence-corrected chi connectivity index (χ4v) is 3.01. The lowest BCUT2D eigenvalue weighted by molar-refractivity contribution is 0.442. The van der Waals surface area contributed by atoms with Gasteiger partial charge in [-0.1, -0.05) is 58.2 Å². The van der Waals surface area contributed by atoms with Gasteiger partial charge in [0.05, 0.1) is 0 Å². The van der Waals surface area contributed by atoms with Gasteiger partial charge in [-0.2, -0.15) is 0 Å². The molecule has 0 heterocycles. The molecule has 17 heavy (non-hydrogen) atoms. The number of benzene rings is 1. The molecule has 0 aliphatic heterocycles. The van der Waals surface area contributed by atoms with E-state index in [0.717, 1.165) is 5.92 Å². The largest absolute Gasteiger partial charge is 0.0582 e. The topological polar surface area (TPSA) is 0 Å². The van der Waals surface area contributed by atoms with Gasteiger partial charge < -0.3 is 0 Å². The number of aryl methyl sites for hydroxylation is 1. The average molecular weight is 230 g/mol. The van der Waals surface area contributed by atoms with Crippen molar-refractivity contribution in [3.05, 3.63) is 34.9 Å². The zero-order chi connectivity index (χ0) is 12.5. The molecule has 0 aromatic heterocycles. The molecule has 1 fully saturated rings. The zero-order valence-electron chi connectivity index (χ0n) is 11.8. The molecule has 0 nitrogen and oxygen atoms in total. The van der Waals surface area contributed by atoms with Crippen LogP contribution in [0.5, 0.6) is 0 Å². The monoisotopic (exact) mass is 230 g/mol. The van der Waals surface area contributed by atoms with Crippen molar-refractivity contribution < 1.29 is 0 Å². The summed E-state index contributed by atoms with van der Waals surface area (Å²) in [6.45, 7) is 9.17. The average Bonchev–Trinajstić information content (AvgIpc) is 2.29. The van der Waals surface area contributed by atoms with Gasteiger partial charge in [0.2, 0.25) is 0 Å². The highest BCUT2D eigenvalue weighted by molar-refractivity contribution is 5.36. The molecule has 0 unspecified atom stereocenters. The van der Waals surface area contributed by atoms with Crippen LogP contribution < -0.4 is 0 Å². The molecular formula is C17H26. The molecule has 0 saturated heterocycles. The highest BCUT2D eigenvalue weighted by Gasteiger charge is 2.19. The van der Waals surface area contributed by atoms with E-state index in [9.17, 15) is 0 Å². The van der Waals surface area contributed by atoms with Crippen LogP contribution >= 0.6 is 0 Å². The maximum atomic E-state index is 2.41. The lowest BCUT2D eigenvalue weighted by Crippen LogP contribution is -2.13. The Morgan fingerprint density at radius 2 is 1.65 bits per heavy atom. The molecule has 1 aromatic rings. The summed E-state index contributed by atoms with van der Waals surface area (Å²) in [5, 5.41) is 0. The van der Waals surface area contributed by atoms with E-state index in [-0.39, 0.29) is 5.41 Å². The number of hydrogen-bond donors (Lipinski definition) is 0. The Bertz CT molecular complexity index is 376. The molecule has 1 aromatic carbocycles. The summed E-state index contributed by atoms with van der Waals surface area (Å²) in [6.07, 6.45) is 7.08. The Balaban J connectivity index is 2.25. The predicted octanol–water partition coefficient (Wildman–Crippen LogP) is 5.34. The SMILES string of the molecule is Cc1cc(C(C)(C)C)ccc1C1CCCCC1. The molecule has 0 bridgehead atoms. The molecule has 0 heteroatoms. The third-order valence-electron chi connectivity index (χ3n) is 4.18. The molecule has 0 radical (unpaired) electrons. The van der Waals surface area contributed by atoms with E-state index >= 15 is 0 Å². The van der Waals surface area contributed by atoms with E-state index in [1.807, 2.05) is 0 Å². The van der Waals surface area contributed by atoms with Gasteiger partial charge in [-0.25, -0.2) is 0 Å². The highest BCUT2D eigenvalue weighted by atomic mass is 14.2. The maximum absolute atomic E-state index is 2.41. The fraction of sp³-hybridized carbons (Fsp3) is 0.647. The van der Waals surface area contributed by atoms with Crippen molar-refractivity contribution in [1.29, 1.82) is 0 Å². The lowest BCUT2D eigenvalue weighted by atomic mass is 9.79. The van der Waals surface area contributed by atoms with E-state index < -0.39 is 0 Å². The molecule has 1 aliphatic rings. The Hall–Kier alpha value is -0.780. The van der Waals surface area contributed by atoms with Gasteiger partial charge in [-0.3, -0.25) is 0 Å². The van der Waals surface area contributed by atoms with Crippen LogP contribution in [0.3, 0.4) is 0 Å². The Labute approximate surface area is 106 Å². The summed E-state index contributed by atoms with van der Waals surface area (Å²) >= 11 is 0. The number of hydrogen-bond acceptors (Lipinski definition) is 0. The highest BCUT2D eigenvalue weighted by Crippen LogP contribution is 2.35. The standard InChI is InChI=1S/C17H26/c1-13-12-15(17(2,3)4)10-11-16(13)14-8-6-5-7-9-14/h10-12,14H,5-9H2,1-4H3. The second-order valence-corrected chi connectivity index (χ2v) is 6.66. The first kappa shape index (κ1) is 12.7. The summed E-state index contributed by atoms with van der Waals surface area (Å²) < 4.78 is 0. The van der Waals surface area contributed by atoms with Gasteiger partial charge in [0.25, 0.3) is 0 Å². The summed E-state index contributed by atoms with van der Waals surface area (Å²) in [5.41, 5.74) is 4.85. The lowest BCUT2D eigenvalue weighted by Gasteiger charge is -2.26. The van der Waals surface area contributed by atoms with Crippen molar-refractivity contribution in [1.82, 2.24) is 0 Å². The quantitative estimate of drug-likeness (QED) is 0.611. The normalized spacial score (nSPS) is 18.4. The van der Waals surface area contributed by atoms with Crippen molar-refractivity contribution in [3.63, 3.8) is 0 Å². The van der Waals surface area contributed by atoms with Crippen LogP contribution in [0.1, 0.15) is 75.5 Å². The van der Waals surface area contributed by atoms with Crippen LogP contribution in [0.2, 0.25) is 0 Å². The third-order valence-corrected chi connectivity index (χ3v) is 4.18. The van der Waals surface area contributed by atoms with Gasteiger partial charge in [0.1, 0.15) is 0 Å². The van der Waals surface area contributed by atoms with Crippen molar-refractivity contribution in [2.75, 3.05) is 0 Å². The molecule has 0 N–H and O–H groups in total. The summed E-state index contributed by atoms with van der Waals surface area (Å²) in [5.74, 6) is 0.831. The molecule has 1 saturated carbocycles. The first-order valence-electron chi connectivity index (χ1n) is 7.09. The first-order chi connectivity index (χ1) is 7.98. The first-order valence-corrected chi connectivity index (χ1v) is 7.09. The van der Waals surface area contributed by atoms with E-state index in [4.69, 9.17) is 0 Å². The van der Waals surface area contributed by atoms with E-state index in [1.54, 1.807) is 5.56 Å². The Kier molecular flexibility index (Phi) is 3.61. The summed E-state index contributed by atoms with van der Waals surface area (Å²) in [7, 11) is 0. The van der Waals surface area contributed by atoms with E-state index in [2.05, 4.69) is 45.9 Å². The van der Waals surface area contributed by atoms with Gasteiger partial charge in [-0.15, -0.1) is 0 Å².